The highest BCUT2D eigenvalue weighted by Gasteiger charge is 2.55. The Balaban J connectivity index is 1.44. The van der Waals surface area contributed by atoms with Gasteiger partial charge in [-0.3, -0.25) is 9.59 Å². The van der Waals surface area contributed by atoms with Gasteiger partial charge in [-0.15, -0.1) is 0 Å². The molecule has 208 valence electrons. The predicted octanol–water partition coefficient (Wildman–Crippen LogP) is 3.91. The van der Waals surface area contributed by atoms with Crippen LogP contribution in [-0.4, -0.2) is 64.9 Å². The maximum atomic E-state index is 13.9. The van der Waals surface area contributed by atoms with Crippen molar-refractivity contribution >= 4 is 34.4 Å². The lowest BCUT2D eigenvalue weighted by molar-refractivity contribution is -0.154. The van der Waals surface area contributed by atoms with Gasteiger partial charge >= 0.3 is 0 Å². The molecule has 4 fully saturated rings. The predicted molar refractivity (Wildman–Crippen MR) is 153 cm³/mol. The number of hydrogen-bond donors (Lipinski definition) is 3. The van der Waals surface area contributed by atoms with Crippen LogP contribution in [0, 0.1) is 32.7 Å². The zero-order chi connectivity index (χ0) is 27.0. The van der Waals surface area contributed by atoms with Crippen molar-refractivity contribution in [2.45, 2.75) is 77.0 Å². The quantitative estimate of drug-likeness (QED) is 0.358. The molecule has 6 atom stereocenters. The average Bonchev–Trinajstić information content (AvgIpc) is 2.87. The van der Waals surface area contributed by atoms with Gasteiger partial charge in [-0.25, -0.2) is 0 Å². The number of halogens is 1. The molecular weight excluding hydrogens is 595 g/mol. The molecule has 0 spiro atoms. The first-order valence-corrected chi connectivity index (χ1v) is 15.3. The molecular formula is C30H41IN2O5. The van der Waals surface area contributed by atoms with Crippen molar-refractivity contribution in [1.82, 2.24) is 10.2 Å². The molecule has 2 bridgehead atoms. The van der Waals surface area contributed by atoms with Crippen LogP contribution in [0.4, 0.5) is 0 Å². The summed E-state index contributed by atoms with van der Waals surface area (Å²) in [7, 11) is 0. The van der Waals surface area contributed by atoms with Crippen LogP contribution in [0.25, 0.3) is 0 Å². The summed E-state index contributed by atoms with van der Waals surface area (Å²) in [6.45, 7) is 5.35. The molecule has 0 radical (unpaired) electrons. The fourth-order valence-electron chi connectivity index (χ4n) is 7.18. The van der Waals surface area contributed by atoms with Crippen molar-refractivity contribution < 1.29 is 24.5 Å². The topological polar surface area (TPSA) is 99.1 Å². The number of carbonyl (C=O) groups excluding carboxylic acids is 2. The van der Waals surface area contributed by atoms with Gasteiger partial charge in [0.15, 0.2) is 0 Å². The van der Waals surface area contributed by atoms with Crippen molar-refractivity contribution in [3.63, 3.8) is 0 Å². The zero-order valence-electron chi connectivity index (χ0n) is 22.4. The third kappa shape index (κ3) is 5.37. The summed E-state index contributed by atoms with van der Waals surface area (Å²) in [5.74, 6) is 2.22. The van der Waals surface area contributed by atoms with Crippen molar-refractivity contribution in [3.8, 4) is 5.75 Å². The number of aliphatic hydroxyl groups is 2. The lowest BCUT2D eigenvalue weighted by atomic mass is 9.45. The van der Waals surface area contributed by atoms with Gasteiger partial charge in [0.05, 0.1) is 16.2 Å². The molecule has 7 nitrogen and oxygen atoms in total. The number of amides is 2. The molecule has 0 aliphatic heterocycles. The van der Waals surface area contributed by atoms with Gasteiger partial charge in [-0.2, -0.15) is 0 Å². The molecule has 5 aliphatic carbocycles. The Morgan fingerprint density at radius 3 is 2.58 bits per heavy atom. The number of para-hydroxylation sites is 1. The summed E-state index contributed by atoms with van der Waals surface area (Å²) >= 11 is 2.20. The number of aliphatic hydroxyl groups excluding tert-OH is 2. The lowest BCUT2D eigenvalue weighted by Gasteiger charge is -2.61. The number of nitrogens with zero attached hydrogens (tertiary/aromatic N) is 1. The number of fused-ring (bicyclic) bond motifs is 2. The van der Waals surface area contributed by atoms with Crippen LogP contribution in [0.1, 0.15) is 58.8 Å². The third-order valence-electron chi connectivity index (χ3n) is 9.88. The van der Waals surface area contributed by atoms with E-state index in [1.807, 2.05) is 29.2 Å². The van der Waals surface area contributed by atoms with E-state index in [0.717, 1.165) is 35.2 Å². The van der Waals surface area contributed by atoms with E-state index in [9.17, 15) is 19.8 Å². The fourth-order valence-corrected chi connectivity index (χ4v) is 7.69. The molecule has 5 aliphatic rings. The van der Waals surface area contributed by atoms with Crippen molar-refractivity contribution in [1.29, 1.82) is 0 Å². The monoisotopic (exact) mass is 636 g/mol. The van der Waals surface area contributed by atoms with Gasteiger partial charge in [0.2, 0.25) is 11.8 Å². The van der Waals surface area contributed by atoms with Gasteiger partial charge in [-0.05, 0) is 96.1 Å². The molecule has 38 heavy (non-hydrogen) atoms. The maximum absolute atomic E-state index is 13.9. The van der Waals surface area contributed by atoms with Crippen LogP contribution in [0.3, 0.4) is 0 Å². The minimum absolute atomic E-state index is 0.0000449. The average molecular weight is 637 g/mol. The Morgan fingerprint density at radius 1 is 1.18 bits per heavy atom. The number of rotatable bonds is 9. The highest BCUT2D eigenvalue weighted by atomic mass is 127. The summed E-state index contributed by atoms with van der Waals surface area (Å²) in [5.41, 5.74) is 0.785. The summed E-state index contributed by atoms with van der Waals surface area (Å²) in [6.07, 6.45) is 6.60. The van der Waals surface area contributed by atoms with Crippen LogP contribution >= 0.6 is 22.6 Å². The first-order chi connectivity index (χ1) is 18.2. The van der Waals surface area contributed by atoms with Crippen molar-refractivity contribution in [2.75, 3.05) is 19.7 Å². The van der Waals surface area contributed by atoms with Gasteiger partial charge in [0.1, 0.15) is 18.0 Å². The highest BCUT2D eigenvalue weighted by Crippen LogP contribution is 2.61. The van der Waals surface area contributed by atoms with E-state index in [1.54, 1.807) is 6.08 Å². The molecule has 0 heterocycles. The first-order valence-electron chi connectivity index (χ1n) is 14.2. The molecule has 4 saturated carbocycles. The van der Waals surface area contributed by atoms with E-state index in [1.165, 1.54) is 12.8 Å². The summed E-state index contributed by atoms with van der Waals surface area (Å²) in [6, 6.07) is 7.05. The standard InChI is InChI=1S/C30H41IN2O5/c1-30(2)21-11-10-19(22(30)16-21)17-33(29(37)18-6-5-7-18)24-14-20(28(36)32-12-13-34)15-26(27(24)35)38-25-9-4-3-8-23(25)31/h3-4,8-9,15,18-19,21-22,24,26-27,34-35H,5-7,10-14,16-17H2,1-2H3,(H,32,36). The minimum atomic E-state index is -0.963. The van der Waals surface area contributed by atoms with Crippen LogP contribution in [0.2, 0.25) is 0 Å². The molecule has 0 saturated heterocycles. The molecule has 6 rings (SSSR count). The Kier molecular flexibility index (Phi) is 8.41. The van der Waals surface area contributed by atoms with Crippen molar-refractivity contribution in [3.05, 3.63) is 39.5 Å². The fraction of sp³-hybridized carbons (Fsp3) is 0.667. The Labute approximate surface area is 239 Å². The van der Waals surface area contributed by atoms with E-state index >= 15 is 0 Å². The maximum Gasteiger partial charge on any atom is 0.247 e. The molecule has 0 aromatic heterocycles. The number of carbonyl (C=O) groups is 2. The van der Waals surface area contributed by atoms with Crippen molar-refractivity contribution in [2.24, 2.45) is 29.1 Å². The van der Waals surface area contributed by atoms with Crippen LogP contribution in [0.5, 0.6) is 5.75 Å². The largest absolute Gasteiger partial charge is 0.482 e. The second-order valence-electron chi connectivity index (χ2n) is 12.3. The number of nitrogens with one attached hydrogen (secondary N) is 1. The first kappa shape index (κ1) is 27.9. The summed E-state index contributed by atoms with van der Waals surface area (Å²) in [5, 5.41) is 23.7. The molecule has 6 unspecified atom stereocenters. The Bertz CT molecular complexity index is 1070. The normalized spacial score (nSPS) is 31.9. The number of hydrogen-bond acceptors (Lipinski definition) is 5. The summed E-state index contributed by atoms with van der Waals surface area (Å²) in [4.78, 5) is 28.9. The van der Waals surface area contributed by atoms with E-state index in [4.69, 9.17) is 4.74 Å². The summed E-state index contributed by atoms with van der Waals surface area (Å²) < 4.78 is 7.20. The van der Waals surface area contributed by atoms with Gasteiger partial charge in [0.25, 0.3) is 0 Å². The third-order valence-corrected chi connectivity index (χ3v) is 10.8. The lowest BCUT2D eigenvalue weighted by Crippen LogP contribution is -2.60. The Morgan fingerprint density at radius 2 is 1.95 bits per heavy atom. The second-order valence-corrected chi connectivity index (χ2v) is 13.4. The highest BCUT2D eigenvalue weighted by molar-refractivity contribution is 14.1. The van der Waals surface area contributed by atoms with E-state index in [-0.39, 0.29) is 37.3 Å². The molecule has 1 aromatic carbocycles. The van der Waals surface area contributed by atoms with E-state index in [0.29, 0.717) is 35.1 Å². The van der Waals surface area contributed by atoms with Crippen LogP contribution in [0.15, 0.2) is 35.9 Å². The van der Waals surface area contributed by atoms with Crippen LogP contribution < -0.4 is 10.1 Å². The molecule has 8 heteroatoms. The van der Waals surface area contributed by atoms with Gasteiger partial charge in [-0.1, -0.05) is 32.4 Å². The van der Waals surface area contributed by atoms with E-state index in [2.05, 4.69) is 41.8 Å². The van der Waals surface area contributed by atoms with Crippen LogP contribution in [-0.2, 0) is 9.59 Å². The van der Waals surface area contributed by atoms with Gasteiger partial charge < -0.3 is 25.2 Å². The molecule has 3 N–H and O–H groups in total. The molecule has 1 aromatic rings. The molecule has 2 amide bonds. The SMILES string of the molecule is CC1(C)C2CCC(CN(C(=O)C3CCC3)C3CC(C(=O)NCCO)=CC(Oc4ccccc4I)C3O)C1C2. The van der Waals surface area contributed by atoms with E-state index < -0.39 is 18.2 Å². The smallest absolute Gasteiger partial charge is 0.247 e. The number of benzene rings is 1. The Hall–Kier alpha value is -1.65. The minimum Gasteiger partial charge on any atom is -0.482 e. The zero-order valence-corrected chi connectivity index (χ0v) is 24.6. The van der Waals surface area contributed by atoms with Gasteiger partial charge in [0, 0.05) is 31.0 Å². The second kappa shape index (κ2) is 11.5. The number of ether oxygens (including phenoxy) is 1.